The fourth-order valence-electron chi connectivity index (χ4n) is 5.22. The smallest absolute Gasteiger partial charge is 0.408 e. The number of nitrogens with zero attached hydrogens (tertiary/aromatic N) is 1. The van der Waals surface area contributed by atoms with E-state index in [9.17, 15) is 19.2 Å². The summed E-state index contributed by atoms with van der Waals surface area (Å²) in [6.07, 6.45) is 2.89. The number of ether oxygens (including phenoxy) is 2. The molecule has 2 rings (SSSR count). The molecular formula is C37H55N3O6S. The highest BCUT2D eigenvalue weighted by Crippen LogP contribution is 2.27. The molecule has 2 aromatic rings. The van der Waals surface area contributed by atoms with Crippen molar-refractivity contribution in [1.82, 2.24) is 15.5 Å². The number of thiol groups is 1. The maximum Gasteiger partial charge on any atom is 0.408 e. The molecule has 2 N–H and O–H groups in total. The van der Waals surface area contributed by atoms with Crippen LogP contribution in [0, 0.1) is 13.8 Å². The zero-order chi connectivity index (χ0) is 35.4. The number of unbranched alkanes of at least 4 members (excludes halogenated alkanes) is 3. The molecule has 0 bridgehead atoms. The molecule has 0 aliphatic heterocycles. The average molecular weight is 670 g/mol. The molecule has 0 spiro atoms. The van der Waals surface area contributed by atoms with E-state index in [1.54, 1.807) is 41.5 Å². The van der Waals surface area contributed by atoms with Crippen LogP contribution in [-0.4, -0.2) is 64.4 Å². The number of rotatable bonds is 15. The third-order valence-electron chi connectivity index (χ3n) is 7.12. The van der Waals surface area contributed by atoms with Gasteiger partial charge in [-0.05, 0) is 72.9 Å². The lowest BCUT2D eigenvalue weighted by Gasteiger charge is -2.35. The molecule has 3 atom stereocenters. The summed E-state index contributed by atoms with van der Waals surface area (Å²) in [4.78, 5) is 56.7. The van der Waals surface area contributed by atoms with Crippen LogP contribution >= 0.6 is 12.6 Å². The van der Waals surface area contributed by atoms with Crippen molar-refractivity contribution in [3.63, 3.8) is 0 Å². The van der Waals surface area contributed by atoms with Crippen LogP contribution in [0.25, 0.3) is 0 Å². The number of benzene rings is 2. The molecule has 3 unspecified atom stereocenters. The second kappa shape index (κ2) is 18.1. The lowest BCUT2D eigenvalue weighted by atomic mass is 9.97. The summed E-state index contributed by atoms with van der Waals surface area (Å²) in [5.74, 6) is -1.59. The molecule has 2 aromatic carbocycles. The number of nitrogens with one attached hydrogen (secondary N) is 2. The number of aryl methyl sites for hydroxylation is 2. The highest BCUT2D eigenvalue weighted by atomic mass is 32.1. The highest BCUT2D eigenvalue weighted by molar-refractivity contribution is 7.80. The Morgan fingerprint density at radius 2 is 1.40 bits per heavy atom. The van der Waals surface area contributed by atoms with E-state index in [4.69, 9.17) is 9.47 Å². The van der Waals surface area contributed by atoms with Crippen LogP contribution < -0.4 is 10.6 Å². The second-order valence-corrected chi connectivity index (χ2v) is 14.4. The molecule has 47 heavy (non-hydrogen) atoms. The Morgan fingerprint density at radius 1 is 0.809 bits per heavy atom. The molecule has 0 radical (unpaired) electrons. The van der Waals surface area contributed by atoms with Crippen molar-refractivity contribution in [2.45, 2.75) is 124 Å². The summed E-state index contributed by atoms with van der Waals surface area (Å²) >= 11 is 4.40. The van der Waals surface area contributed by atoms with E-state index in [1.807, 2.05) is 62.4 Å². The normalized spacial score (nSPS) is 13.6. The van der Waals surface area contributed by atoms with Gasteiger partial charge in [0.15, 0.2) is 0 Å². The van der Waals surface area contributed by atoms with Crippen molar-refractivity contribution in [2.75, 3.05) is 12.3 Å². The third kappa shape index (κ3) is 14.0. The minimum Gasteiger partial charge on any atom is -0.458 e. The summed E-state index contributed by atoms with van der Waals surface area (Å²) in [6, 6.07) is 11.9. The van der Waals surface area contributed by atoms with Crippen LogP contribution in [0.1, 0.15) is 102 Å². The first-order valence-corrected chi connectivity index (χ1v) is 17.1. The van der Waals surface area contributed by atoms with E-state index < -0.39 is 53.2 Å². The van der Waals surface area contributed by atoms with Crippen LogP contribution in [-0.2, 0) is 30.3 Å². The molecule has 9 nitrogen and oxygen atoms in total. The first-order chi connectivity index (χ1) is 21.9. The monoisotopic (exact) mass is 669 g/mol. The van der Waals surface area contributed by atoms with Crippen molar-refractivity contribution in [3.8, 4) is 0 Å². The Balaban J connectivity index is 2.62. The Labute approximate surface area is 286 Å². The van der Waals surface area contributed by atoms with Crippen LogP contribution in [0.2, 0.25) is 0 Å². The quantitative estimate of drug-likeness (QED) is 0.111. The summed E-state index contributed by atoms with van der Waals surface area (Å²) in [5, 5.41) is 5.61. The van der Waals surface area contributed by atoms with Gasteiger partial charge in [0.25, 0.3) is 0 Å². The van der Waals surface area contributed by atoms with E-state index in [1.165, 1.54) is 4.90 Å². The van der Waals surface area contributed by atoms with Crippen LogP contribution in [0.3, 0.4) is 0 Å². The minimum atomic E-state index is -1.11. The fraction of sp³-hybridized carbons (Fsp3) is 0.568. The Hall–Kier alpha value is -3.53. The number of carbonyl (C=O) groups excluding carboxylic acids is 4. The van der Waals surface area contributed by atoms with Gasteiger partial charge >= 0.3 is 12.1 Å². The summed E-state index contributed by atoms with van der Waals surface area (Å²) in [5.41, 5.74) is 1.73. The lowest BCUT2D eigenvalue weighted by molar-refractivity contribution is -0.159. The zero-order valence-corrected chi connectivity index (χ0v) is 30.5. The van der Waals surface area contributed by atoms with E-state index in [0.717, 1.165) is 36.0 Å². The maximum atomic E-state index is 14.5. The van der Waals surface area contributed by atoms with Gasteiger partial charge in [-0.3, -0.25) is 9.59 Å². The number of esters is 1. The Morgan fingerprint density at radius 3 is 1.94 bits per heavy atom. The number of hydrogen-bond acceptors (Lipinski definition) is 7. The van der Waals surface area contributed by atoms with Gasteiger partial charge in [0.1, 0.15) is 29.3 Å². The van der Waals surface area contributed by atoms with Crippen molar-refractivity contribution < 1.29 is 28.7 Å². The Kier molecular flexibility index (Phi) is 15.3. The van der Waals surface area contributed by atoms with Crippen molar-refractivity contribution in [1.29, 1.82) is 0 Å². The first kappa shape index (κ1) is 39.6. The van der Waals surface area contributed by atoms with Crippen molar-refractivity contribution >= 4 is 36.5 Å². The highest BCUT2D eigenvalue weighted by Gasteiger charge is 2.38. The van der Waals surface area contributed by atoms with Gasteiger partial charge in [-0.2, -0.15) is 12.6 Å². The topological polar surface area (TPSA) is 114 Å². The van der Waals surface area contributed by atoms with Gasteiger partial charge in [0.2, 0.25) is 11.8 Å². The first-order valence-electron chi connectivity index (χ1n) is 16.5. The molecule has 0 saturated heterocycles. The standard InChI is InChI=1S/C37H55N3O6S/c1-10-11-12-16-19-40(33(42)30(24-47)39-35(44)46-37(7,8)9)31(28-21-25(2)20-26(3)22-28)32(41)38-29(34(43)45-36(4,5)6)23-27-17-14-13-15-18-27/h13-15,17-18,20-22,29-31,47H,10-12,16,19,23-24H2,1-9H3,(H,38,41)(H,39,44). The average Bonchev–Trinajstić information content (AvgIpc) is 2.95. The zero-order valence-electron chi connectivity index (χ0n) is 29.6. The second-order valence-electron chi connectivity index (χ2n) is 14.1. The number of amides is 3. The Bertz CT molecular complexity index is 1320. The van der Waals surface area contributed by atoms with Crippen molar-refractivity contribution in [3.05, 3.63) is 70.8 Å². The van der Waals surface area contributed by atoms with Crippen LogP contribution in [0.5, 0.6) is 0 Å². The SMILES string of the molecule is CCCCCCN(C(=O)C(CS)NC(=O)OC(C)(C)C)C(C(=O)NC(Cc1ccccc1)C(=O)OC(C)(C)C)c1cc(C)cc(C)c1. The molecule has 0 heterocycles. The summed E-state index contributed by atoms with van der Waals surface area (Å²) < 4.78 is 11.2. The summed E-state index contributed by atoms with van der Waals surface area (Å²) in [7, 11) is 0. The van der Waals surface area contributed by atoms with Crippen LogP contribution in [0.15, 0.2) is 48.5 Å². The molecule has 0 aliphatic carbocycles. The lowest BCUT2D eigenvalue weighted by Crippen LogP contribution is -2.55. The van der Waals surface area contributed by atoms with Crippen LogP contribution in [0.4, 0.5) is 4.79 Å². The van der Waals surface area contributed by atoms with Gasteiger partial charge in [-0.1, -0.05) is 85.8 Å². The van der Waals surface area contributed by atoms with E-state index in [-0.39, 0.29) is 18.7 Å². The molecule has 0 aliphatic rings. The van der Waals surface area contributed by atoms with Gasteiger partial charge < -0.3 is 25.0 Å². The molecular weight excluding hydrogens is 614 g/mol. The predicted octanol–water partition coefficient (Wildman–Crippen LogP) is 6.65. The number of carbonyl (C=O) groups is 4. The number of hydrogen-bond donors (Lipinski definition) is 3. The molecule has 0 fully saturated rings. The molecule has 0 saturated carbocycles. The van der Waals surface area contributed by atoms with E-state index in [0.29, 0.717) is 12.0 Å². The van der Waals surface area contributed by atoms with Gasteiger partial charge in [-0.15, -0.1) is 0 Å². The van der Waals surface area contributed by atoms with Crippen molar-refractivity contribution in [2.24, 2.45) is 0 Å². The molecule has 260 valence electrons. The van der Waals surface area contributed by atoms with Gasteiger partial charge in [-0.25, -0.2) is 9.59 Å². The van der Waals surface area contributed by atoms with E-state index in [2.05, 4.69) is 30.2 Å². The fourth-order valence-corrected chi connectivity index (χ4v) is 5.47. The number of alkyl carbamates (subject to hydrolysis) is 1. The molecule has 0 aromatic heterocycles. The van der Waals surface area contributed by atoms with E-state index >= 15 is 0 Å². The minimum absolute atomic E-state index is 0.0146. The largest absolute Gasteiger partial charge is 0.458 e. The maximum absolute atomic E-state index is 14.5. The van der Waals surface area contributed by atoms with Gasteiger partial charge in [0.05, 0.1) is 0 Å². The third-order valence-corrected chi connectivity index (χ3v) is 7.48. The predicted molar refractivity (Wildman–Crippen MR) is 189 cm³/mol. The van der Waals surface area contributed by atoms with Gasteiger partial charge in [0, 0.05) is 18.7 Å². The molecule has 10 heteroatoms. The summed E-state index contributed by atoms with van der Waals surface area (Å²) in [6.45, 7) is 16.7. The molecule has 3 amide bonds.